The molecule has 0 amide bonds. The van der Waals surface area contributed by atoms with E-state index in [1.165, 1.54) is 0 Å². The molecule has 0 aromatic rings. The van der Waals surface area contributed by atoms with Crippen LogP contribution in [-0.4, -0.2) is 72.6 Å². The zero-order valence-corrected chi connectivity index (χ0v) is 5.61. The fourth-order valence-electron chi connectivity index (χ4n) is 0. The van der Waals surface area contributed by atoms with Crippen LogP contribution in [0.15, 0.2) is 0 Å². The van der Waals surface area contributed by atoms with Crippen LogP contribution < -0.4 is 0 Å². The molecule has 0 saturated heterocycles. The van der Waals surface area contributed by atoms with Crippen LogP contribution in [0.1, 0.15) is 0 Å². The van der Waals surface area contributed by atoms with Gasteiger partial charge in [0.15, 0.2) is 17.4 Å². The van der Waals surface area contributed by atoms with Crippen molar-refractivity contribution >= 4 is 65.5 Å². The SMILES string of the molecule is O=S(=O)(O)O.[AlH3].[CaH2].[Co].[Ni]. The van der Waals surface area contributed by atoms with E-state index >= 15 is 0 Å². The monoisotopic (exact) mass is 287 g/mol. The van der Waals surface area contributed by atoms with Crippen molar-refractivity contribution in [3.05, 3.63) is 0 Å². The second-order valence-electron chi connectivity index (χ2n) is 0.448. The molecule has 61 valence electrons. The average molecular weight is 288 g/mol. The predicted molar refractivity (Wildman–Crippen MR) is 32.7 cm³/mol. The van der Waals surface area contributed by atoms with Crippen molar-refractivity contribution in [2.45, 2.75) is 0 Å². The van der Waals surface area contributed by atoms with Gasteiger partial charge in [-0.25, -0.2) is 0 Å². The maximum absolute atomic E-state index is 8.74. The third-order valence-electron chi connectivity index (χ3n) is 0. The van der Waals surface area contributed by atoms with Crippen molar-refractivity contribution in [2.75, 3.05) is 0 Å². The minimum atomic E-state index is -4.67. The van der Waals surface area contributed by atoms with Crippen molar-refractivity contribution in [1.29, 1.82) is 0 Å². The smallest absolute Gasteiger partial charge is 0 e. The van der Waals surface area contributed by atoms with Crippen LogP contribution in [-0.2, 0) is 43.7 Å². The molecule has 0 aliphatic carbocycles. The van der Waals surface area contributed by atoms with Gasteiger partial charge in [0.2, 0.25) is 0 Å². The molecular formula is H7AlCaCoNiO4S. The van der Waals surface area contributed by atoms with E-state index in [1.807, 2.05) is 0 Å². The molecule has 9 heavy (non-hydrogen) atoms. The van der Waals surface area contributed by atoms with Crippen LogP contribution in [0.2, 0.25) is 0 Å². The normalized spacial score (nSPS) is 6.44. The summed E-state index contributed by atoms with van der Waals surface area (Å²) < 4.78 is 31.6. The second-order valence-corrected chi connectivity index (χ2v) is 1.34. The van der Waals surface area contributed by atoms with Crippen LogP contribution in [0.3, 0.4) is 0 Å². The van der Waals surface area contributed by atoms with Gasteiger partial charge in [0, 0.05) is 33.3 Å². The predicted octanol–water partition coefficient (Wildman–Crippen LogP) is -2.76. The molecule has 0 atom stereocenters. The molecule has 9 heteroatoms. The molecule has 1 radical (unpaired) electrons. The largest absolute Gasteiger partial charge is 0 e. The van der Waals surface area contributed by atoms with Gasteiger partial charge in [-0.2, -0.15) is 8.42 Å². The first-order chi connectivity index (χ1) is 2.00. The summed E-state index contributed by atoms with van der Waals surface area (Å²) >= 11 is 0. The Kier molecular flexibility index (Phi) is 44.0. The first-order valence-corrected chi connectivity index (χ1v) is 2.10. The van der Waals surface area contributed by atoms with Gasteiger partial charge < -0.3 is 0 Å². The minimum absolute atomic E-state index is 0. The standard InChI is InChI=1S/Al.Ca.Co.Ni.H2O4S.5H/c;;;;1-5(2,3)4;;;;;/h;;;;(H2,1,2,3,4);;;;;. The van der Waals surface area contributed by atoms with Crippen molar-refractivity contribution in [1.82, 2.24) is 0 Å². The van der Waals surface area contributed by atoms with Crippen LogP contribution in [0.25, 0.3) is 0 Å². The molecule has 0 aliphatic rings. The number of hydrogen-bond donors (Lipinski definition) is 2. The summed E-state index contributed by atoms with van der Waals surface area (Å²) in [6.07, 6.45) is 0. The molecular weight excluding hydrogens is 281 g/mol. The van der Waals surface area contributed by atoms with E-state index in [2.05, 4.69) is 0 Å². The van der Waals surface area contributed by atoms with Gasteiger partial charge in [0.05, 0.1) is 0 Å². The summed E-state index contributed by atoms with van der Waals surface area (Å²) in [5.41, 5.74) is 0. The Bertz CT molecular complexity index is 104. The molecule has 0 unspecified atom stereocenters. The summed E-state index contributed by atoms with van der Waals surface area (Å²) in [6.45, 7) is 0. The van der Waals surface area contributed by atoms with Gasteiger partial charge in [0.25, 0.3) is 0 Å². The molecule has 0 bridgehead atoms. The third-order valence-corrected chi connectivity index (χ3v) is 0. The van der Waals surface area contributed by atoms with Crippen molar-refractivity contribution < 1.29 is 50.8 Å². The van der Waals surface area contributed by atoms with Gasteiger partial charge in [-0.15, -0.1) is 0 Å². The molecule has 0 fully saturated rings. The molecule has 0 aromatic carbocycles. The maximum Gasteiger partial charge on any atom is 0 e. The van der Waals surface area contributed by atoms with Crippen molar-refractivity contribution in [3.63, 3.8) is 0 Å². The molecule has 0 aliphatic heterocycles. The summed E-state index contributed by atoms with van der Waals surface area (Å²) in [5.74, 6) is 0. The molecule has 0 saturated carbocycles. The van der Waals surface area contributed by atoms with Gasteiger partial charge in [-0.05, 0) is 0 Å². The van der Waals surface area contributed by atoms with Crippen LogP contribution in [0, 0.1) is 0 Å². The molecule has 4 nitrogen and oxygen atoms in total. The number of hydrogen-bond acceptors (Lipinski definition) is 2. The molecule has 0 rings (SSSR count). The van der Waals surface area contributed by atoms with Gasteiger partial charge in [-0.3, -0.25) is 9.11 Å². The molecule has 2 N–H and O–H groups in total. The average Bonchev–Trinajstić information content (AvgIpc) is 0.722. The fourth-order valence-corrected chi connectivity index (χ4v) is 0. The summed E-state index contributed by atoms with van der Waals surface area (Å²) in [5, 5.41) is 0. The maximum atomic E-state index is 8.74. The molecule has 0 aromatic heterocycles. The Morgan fingerprint density at radius 1 is 1.11 bits per heavy atom. The summed E-state index contributed by atoms with van der Waals surface area (Å²) in [6, 6.07) is 0. The van der Waals surface area contributed by atoms with Gasteiger partial charge >= 0.3 is 48.1 Å². The Hall–Kier alpha value is 2.66. The quantitative estimate of drug-likeness (QED) is 0.374. The van der Waals surface area contributed by atoms with E-state index in [0.717, 1.165) is 0 Å². The Labute approximate surface area is 114 Å². The minimum Gasteiger partial charge on any atom is 0 e. The van der Waals surface area contributed by atoms with E-state index < -0.39 is 10.4 Å². The third kappa shape index (κ3) is 113. The fraction of sp³-hybridized carbons (Fsp3) is 0. The van der Waals surface area contributed by atoms with E-state index in [0.29, 0.717) is 0 Å². The van der Waals surface area contributed by atoms with Gasteiger partial charge in [0.1, 0.15) is 0 Å². The number of rotatable bonds is 0. The van der Waals surface area contributed by atoms with Crippen molar-refractivity contribution in [3.8, 4) is 0 Å². The van der Waals surface area contributed by atoms with Crippen LogP contribution in [0.5, 0.6) is 0 Å². The summed E-state index contributed by atoms with van der Waals surface area (Å²) in [7, 11) is -4.67. The van der Waals surface area contributed by atoms with E-state index in [4.69, 9.17) is 17.5 Å². The van der Waals surface area contributed by atoms with Crippen LogP contribution in [0.4, 0.5) is 0 Å². The Balaban J connectivity index is -0.0000000133. The Morgan fingerprint density at radius 3 is 1.11 bits per heavy atom. The molecule has 0 heterocycles. The first kappa shape index (κ1) is 29.9. The zero-order valence-electron chi connectivity index (χ0n) is 2.77. The van der Waals surface area contributed by atoms with Crippen LogP contribution >= 0.6 is 0 Å². The van der Waals surface area contributed by atoms with E-state index in [-0.39, 0.29) is 88.4 Å². The second kappa shape index (κ2) is 13.3. The Morgan fingerprint density at radius 2 is 1.11 bits per heavy atom. The molecule has 0 spiro atoms. The topological polar surface area (TPSA) is 74.6 Å². The van der Waals surface area contributed by atoms with E-state index in [1.54, 1.807) is 0 Å². The first-order valence-electron chi connectivity index (χ1n) is 0.698. The van der Waals surface area contributed by atoms with Gasteiger partial charge in [-0.1, -0.05) is 0 Å². The summed E-state index contributed by atoms with van der Waals surface area (Å²) in [4.78, 5) is 0. The van der Waals surface area contributed by atoms with E-state index in [9.17, 15) is 0 Å². The zero-order chi connectivity index (χ0) is 4.50. The van der Waals surface area contributed by atoms with Crippen molar-refractivity contribution in [2.24, 2.45) is 0 Å².